The summed E-state index contributed by atoms with van der Waals surface area (Å²) in [5.41, 5.74) is 1.31. The molecule has 0 aromatic carbocycles. The lowest BCUT2D eigenvalue weighted by molar-refractivity contribution is 0.591. The minimum Gasteiger partial charge on any atom is -0.356 e. The first-order valence-electron chi connectivity index (χ1n) is 7.17. The topological polar surface area (TPSA) is 28.2 Å². The van der Waals surface area contributed by atoms with E-state index >= 15 is 0 Å². The first-order valence-corrected chi connectivity index (χ1v) is 7.17. The fourth-order valence-electron chi connectivity index (χ4n) is 2.29. The Morgan fingerprint density at radius 2 is 1.89 bits per heavy atom. The van der Waals surface area contributed by atoms with Crippen molar-refractivity contribution in [3.8, 4) is 0 Å². The van der Waals surface area contributed by atoms with Crippen molar-refractivity contribution in [1.29, 1.82) is 0 Å². The summed E-state index contributed by atoms with van der Waals surface area (Å²) in [5.74, 6) is 1.15. The Morgan fingerprint density at radius 1 is 1.22 bits per heavy atom. The fourth-order valence-corrected chi connectivity index (χ4v) is 2.29. The summed E-state index contributed by atoms with van der Waals surface area (Å²) in [6, 6.07) is 4.58. The van der Waals surface area contributed by atoms with Crippen molar-refractivity contribution in [2.45, 2.75) is 46.6 Å². The molecule has 1 aromatic rings. The van der Waals surface area contributed by atoms with Crippen LogP contribution >= 0.6 is 0 Å². The average Bonchev–Trinajstić information content (AvgIpc) is 2.39. The molecule has 1 N–H and O–H groups in total. The van der Waals surface area contributed by atoms with Gasteiger partial charge in [0.05, 0.1) is 0 Å². The van der Waals surface area contributed by atoms with Crippen LogP contribution in [0.2, 0.25) is 0 Å². The van der Waals surface area contributed by atoms with Crippen LogP contribution in [0.1, 0.15) is 52.1 Å². The van der Waals surface area contributed by atoms with Gasteiger partial charge in [-0.2, -0.15) is 0 Å². The van der Waals surface area contributed by atoms with Gasteiger partial charge in [0.1, 0.15) is 5.82 Å². The van der Waals surface area contributed by atoms with Crippen LogP contribution in [0.5, 0.6) is 0 Å². The van der Waals surface area contributed by atoms with Gasteiger partial charge >= 0.3 is 0 Å². The molecule has 1 rings (SSSR count). The number of pyridine rings is 1. The van der Waals surface area contributed by atoms with Crippen molar-refractivity contribution in [2.24, 2.45) is 0 Å². The molecule has 0 aliphatic carbocycles. The number of rotatable bonds is 8. The molecule has 0 fully saturated rings. The van der Waals surface area contributed by atoms with Crippen LogP contribution in [0.25, 0.3) is 0 Å². The predicted molar refractivity (Wildman–Crippen MR) is 79.1 cm³/mol. The molecule has 0 saturated heterocycles. The lowest BCUT2D eigenvalue weighted by Crippen LogP contribution is -2.29. The van der Waals surface area contributed by atoms with Gasteiger partial charge in [-0.05, 0) is 32.4 Å². The Kier molecular flexibility index (Phi) is 6.73. The number of hydrogen-bond acceptors (Lipinski definition) is 3. The average molecular weight is 249 g/mol. The fraction of sp³-hybridized carbons (Fsp3) is 0.667. The maximum atomic E-state index is 4.61. The Morgan fingerprint density at radius 3 is 2.44 bits per heavy atom. The molecule has 0 saturated carbocycles. The molecule has 0 aliphatic heterocycles. The molecule has 0 radical (unpaired) electrons. The van der Waals surface area contributed by atoms with Gasteiger partial charge < -0.3 is 10.2 Å². The Hall–Kier alpha value is -1.09. The Balaban J connectivity index is 2.97. The van der Waals surface area contributed by atoms with E-state index in [2.05, 4.69) is 49.0 Å². The van der Waals surface area contributed by atoms with E-state index < -0.39 is 0 Å². The molecular formula is C15H27N3. The van der Waals surface area contributed by atoms with Crippen molar-refractivity contribution >= 4 is 5.82 Å². The monoisotopic (exact) mass is 249 g/mol. The molecule has 0 bridgehead atoms. The Bertz CT molecular complexity index is 332. The highest BCUT2D eigenvalue weighted by atomic mass is 15.2. The first kappa shape index (κ1) is 15.0. The number of nitrogens with one attached hydrogen (secondary N) is 1. The largest absolute Gasteiger partial charge is 0.356 e. The van der Waals surface area contributed by atoms with Crippen LogP contribution in [0, 0.1) is 0 Å². The van der Waals surface area contributed by atoms with Crippen LogP contribution in [0.3, 0.4) is 0 Å². The summed E-state index contributed by atoms with van der Waals surface area (Å²) in [4.78, 5) is 7.01. The van der Waals surface area contributed by atoms with Gasteiger partial charge in [0.15, 0.2) is 0 Å². The van der Waals surface area contributed by atoms with E-state index in [4.69, 9.17) is 0 Å². The van der Waals surface area contributed by atoms with Gasteiger partial charge in [-0.1, -0.05) is 26.8 Å². The van der Waals surface area contributed by atoms with Gasteiger partial charge in [0.2, 0.25) is 0 Å². The van der Waals surface area contributed by atoms with Crippen molar-refractivity contribution in [1.82, 2.24) is 10.3 Å². The lowest BCUT2D eigenvalue weighted by Gasteiger charge is -2.27. The maximum absolute atomic E-state index is 4.61. The molecule has 1 atom stereocenters. The molecule has 3 nitrogen and oxygen atoms in total. The number of hydrogen-bond donors (Lipinski definition) is 1. The second-order valence-corrected chi connectivity index (χ2v) is 4.68. The number of aromatic nitrogens is 1. The third-order valence-corrected chi connectivity index (χ3v) is 3.08. The highest BCUT2D eigenvalue weighted by molar-refractivity contribution is 5.48. The van der Waals surface area contributed by atoms with E-state index in [1.165, 1.54) is 5.56 Å². The Labute approximate surface area is 112 Å². The normalized spacial score (nSPS) is 12.4. The smallest absolute Gasteiger partial charge is 0.133 e. The van der Waals surface area contributed by atoms with Gasteiger partial charge in [0, 0.05) is 30.9 Å². The zero-order valence-electron chi connectivity index (χ0n) is 12.2. The molecular weight excluding hydrogens is 222 g/mol. The van der Waals surface area contributed by atoms with Crippen LogP contribution < -0.4 is 10.2 Å². The van der Waals surface area contributed by atoms with E-state index in [0.29, 0.717) is 6.04 Å². The van der Waals surface area contributed by atoms with E-state index in [1.807, 2.05) is 12.3 Å². The summed E-state index contributed by atoms with van der Waals surface area (Å²) < 4.78 is 0. The molecule has 18 heavy (non-hydrogen) atoms. The van der Waals surface area contributed by atoms with Crippen LogP contribution in [-0.4, -0.2) is 24.6 Å². The van der Waals surface area contributed by atoms with Gasteiger partial charge in [-0.3, -0.25) is 0 Å². The summed E-state index contributed by atoms with van der Waals surface area (Å²) in [6.07, 6.45) is 4.22. The lowest BCUT2D eigenvalue weighted by atomic mass is 10.1. The maximum Gasteiger partial charge on any atom is 0.133 e. The number of anilines is 1. The van der Waals surface area contributed by atoms with Crippen molar-refractivity contribution in [2.75, 3.05) is 24.5 Å². The zero-order chi connectivity index (χ0) is 13.4. The van der Waals surface area contributed by atoms with Crippen molar-refractivity contribution < 1.29 is 0 Å². The SMILES string of the molecule is CCCN(CCC)c1ncccc1C(C)NCC. The van der Waals surface area contributed by atoms with Gasteiger partial charge in [-0.15, -0.1) is 0 Å². The molecule has 1 unspecified atom stereocenters. The molecule has 0 spiro atoms. The molecule has 1 aromatic heterocycles. The van der Waals surface area contributed by atoms with E-state index in [9.17, 15) is 0 Å². The zero-order valence-corrected chi connectivity index (χ0v) is 12.2. The quantitative estimate of drug-likeness (QED) is 0.765. The molecule has 1 heterocycles. The molecule has 102 valence electrons. The van der Waals surface area contributed by atoms with Crippen molar-refractivity contribution in [3.05, 3.63) is 23.9 Å². The second-order valence-electron chi connectivity index (χ2n) is 4.68. The highest BCUT2D eigenvalue weighted by Gasteiger charge is 2.15. The standard InChI is InChI=1S/C15H27N3/c1-5-11-18(12-6-2)15-14(9-8-10-17-15)13(4)16-7-3/h8-10,13,16H,5-7,11-12H2,1-4H3. The molecule has 0 aliphatic rings. The van der Waals surface area contributed by atoms with Crippen molar-refractivity contribution in [3.63, 3.8) is 0 Å². The molecule has 3 heteroatoms. The minimum atomic E-state index is 0.356. The third kappa shape index (κ3) is 3.98. The van der Waals surface area contributed by atoms with Gasteiger partial charge in [0.25, 0.3) is 0 Å². The third-order valence-electron chi connectivity index (χ3n) is 3.08. The van der Waals surface area contributed by atoms with E-state index in [0.717, 1.165) is 38.3 Å². The summed E-state index contributed by atoms with van der Waals surface area (Å²) in [7, 11) is 0. The second kappa shape index (κ2) is 8.09. The van der Waals surface area contributed by atoms with Gasteiger partial charge in [-0.25, -0.2) is 4.98 Å². The molecule has 0 amide bonds. The van der Waals surface area contributed by atoms with Crippen LogP contribution in [0.15, 0.2) is 18.3 Å². The minimum absolute atomic E-state index is 0.356. The number of nitrogens with zero attached hydrogens (tertiary/aromatic N) is 2. The summed E-state index contributed by atoms with van der Waals surface area (Å²) >= 11 is 0. The van der Waals surface area contributed by atoms with E-state index in [-0.39, 0.29) is 0 Å². The van der Waals surface area contributed by atoms with Crippen LogP contribution in [-0.2, 0) is 0 Å². The van der Waals surface area contributed by atoms with E-state index in [1.54, 1.807) is 0 Å². The first-order chi connectivity index (χ1) is 8.74. The predicted octanol–water partition coefficient (Wildman–Crippen LogP) is 3.38. The highest BCUT2D eigenvalue weighted by Crippen LogP contribution is 2.24. The van der Waals surface area contributed by atoms with Crippen LogP contribution in [0.4, 0.5) is 5.82 Å². The summed E-state index contributed by atoms with van der Waals surface area (Å²) in [6.45, 7) is 11.9. The summed E-state index contributed by atoms with van der Waals surface area (Å²) in [5, 5.41) is 3.47.